The van der Waals surface area contributed by atoms with Gasteiger partial charge in [-0.25, -0.2) is 0 Å². The summed E-state index contributed by atoms with van der Waals surface area (Å²) in [4.78, 5) is 10.3. The smallest absolute Gasteiger partial charge is 0.185 e. The molecular weight excluding hydrogens is 176 g/mol. The highest BCUT2D eigenvalue weighted by molar-refractivity contribution is 7.96. The molecule has 0 heterocycles. The number of thiol groups is 1. The Labute approximate surface area is 79.6 Å². The molecule has 3 nitrogen and oxygen atoms in total. The van der Waals surface area contributed by atoms with Crippen molar-refractivity contribution in [2.45, 2.75) is 45.4 Å². The molecule has 0 rings (SSSR count). The third-order valence-corrected chi connectivity index (χ3v) is 1.72. The van der Waals surface area contributed by atoms with Gasteiger partial charge >= 0.3 is 0 Å². The van der Waals surface area contributed by atoms with Gasteiger partial charge in [0, 0.05) is 6.42 Å². The highest BCUT2D eigenvalue weighted by Gasteiger charge is 1.93. The Morgan fingerprint density at radius 1 is 1.08 bits per heavy atom. The normalized spacial score (nSPS) is 8.17. The van der Waals surface area contributed by atoms with Crippen molar-refractivity contribution < 1.29 is 15.7 Å². The second kappa shape index (κ2) is 13.5. The first-order valence-corrected chi connectivity index (χ1v) is 4.44. The summed E-state index contributed by atoms with van der Waals surface area (Å²) in [5.41, 5.74) is 0. The van der Waals surface area contributed by atoms with Crippen LogP contribution >= 0.6 is 12.6 Å². The molecule has 0 unspecified atom stereocenters. The summed E-state index contributed by atoms with van der Waals surface area (Å²) in [6.07, 6.45) is 6.66. The average molecular weight is 196 g/mol. The molecular formula is C8H20O3S. The molecule has 0 atom stereocenters. The molecule has 0 aliphatic carbocycles. The zero-order valence-electron chi connectivity index (χ0n) is 7.60. The molecule has 0 aromatic carbocycles. The fraction of sp³-hybridized carbons (Fsp3) is 0.875. The molecule has 0 saturated carbocycles. The quantitative estimate of drug-likeness (QED) is 0.502. The fourth-order valence-corrected chi connectivity index (χ4v) is 1.04. The lowest BCUT2D eigenvalue weighted by Crippen LogP contribution is -1.85. The maximum absolute atomic E-state index is 10.3. The first kappa shape index (κ1) is 17.9. The van der Waals surface area contributed by atoms with Gasteiger partial charge in [-0.2, -0.15) is 0 Å². The SMILES string of the molecule is CCCCCCCC(=O)S.O.O. The summed E-state index contributed by atoms with van der Waals surface area (Å²) < 4.78 is 0. The number of hydrogen-bond donors (Lipinski definition) is 1. The molecule has 0 fully saturated rings. The van der Waals surface area contributed by atoms with E-state index in [0.717, 1.165) is 6.42 Å². The van der Waals surface area contributed by atoms with Crippen molar-refractivity contribution in [2.75, 3.05) is 0 Å². The maximum atomic E-state index is 10.3. The minimum Gasteiger partial charge on any atom is -0.412 e. The maximum Gasteiger partial charge on any atom is 0.185 e. The van der Waals surface area contributed by atoms with E-state index in [1.807, 2.05) is 0 Å². The van der Waals surface area contributed by atoms with Gasteiger partial charge in [0.2, 0.25) is 0 Å². The summed E-state index contributed by atoms with van der Waals surface area (Å²) in [5.74, 6) is 0. The number of hydrogen-bond acceptors (Lipinski definition) is 1. The van der Waals surface area contributed by atoms with Crippen molar-refractivity contribution in [3.8, 4) is 0 Å². The Kier molecular flexibility index (Phi) is 20.2. The summed E-state index contributed by atoms with van der Waals surface area (Å²) in [6.45, 7) is 2.18. The standard InChI is InChI=1S/C8H16OS.2H2O/c1-2-3-4-5-6-7-8(9)10;;/h2-7H2,1H3,(H,9,10);2*1H2. The van der Waals surface area contributed by atoms with Crippen molar-refractivity contribution in [2.24, 2.45) is 0 Å². The molecule has 4 N–H and O–H groups in total. The van der Waals surface area contributed by atoms with Gasteiger partial charge in [0.1, 0.15) is 0 Å². The second-order valence-electron chi connectivity index (χ2n) is 2.56. The predicted molar refractivity (Wildman–Crippen MR) is 54.6 cm³/mol. The van der Waals surface area contributed by atoms with E-state index >= 15 is 0 Å². The minimum absolute atomic E-state index is 0. The highest BCUT2D eigenvalue weighted by Crippen LogP contribution is 2.05. The number of carbonyl (C=O) groups excluding carboxylic acids is 1. The first-order valence-electron chi connectivity index (χ1n) is 3.99. The van der Waals surface area contributed by atoms with Crippen LogP contribution in [0.1, 0.15) is 45.4 Å². The molecule has 0 aliphatic heterocycles. The van der Waals surface area contributed by atoms with Crippen LogP contribution in [0.2, 0.25) is 0 Å². The second-order valence-corrected chi connectivity index (χ2v) is 3.06. The zero-order chi connectivity index (χ0) is 7.82. The van der Waals surface area contributed by atoms with Crippen molar-refractivity contribution in [3.63, 3.8) is 0 Å². The Hall–Kier alpha value is -0.0600. The largest absolute Gasteiger partial charge is 0.412 e. The van der Waals surface area contributed by atoms with Crippen LogP contribution in [-0.2, 0) is 4.79 Å². The zero-order valence-corrected chi connectivity index (χ0v) is 8.49. The van der Waals surface area contributed by atoms with E-state index in [-0.39, 0.29) is 16.1 Å². The van der Waals surface area contributed by atoms with Crippen LogP contribution in [0, 0.1) is 0 Å². The molecule has 4 heteroatoms. The van der Waals surface area contributed by atoms with Gasteiger partial charge in [0.25, 0.3) is 0 Å². The lowest BCUT2D eigenvalue weighted by molar-refractivity contribution is -0.110. The van der Waals surface area contributed by atoms with Crippen LogP contribution in [0.4, 0.5) is 0 Å². The molecule has 0 amide bonds. The number of carbonyl (C=O) groups is 1. The van der Waals surface area contributed by atoms with Gasteiger partial charge in [-0.15, -0.1) is 12.6 Å². The Morgan fingerprint density at radius 3 is 2.00 bits per heavy atom. The Balaban J connectivity index is -0.000000405. The van der Waals surface area contributed by atoms with Crippen molar-refractivity contribution >= 4 is 17.7 Å². The van der Waals surface area contributed by atoms with E-state index < -0.39 is 0 Å². The van der Waals surface area contributed by atoms with Crippen molar-refractivity contribution in [1.82, 2.24) is 0 Å². The van der Waals surface area contributed by atoms with Gasteiger partial charge in [0.05, 0.1) is 0 Å². The summed E-state index contributed by atoms with van der Waals surface area (Å²) in [6, 6.07) is 0. The van der Waals surface area contributed by atoms with Crippen molar-refractivity contribution in [1.29, 1.82) is 0 Å². The van der Waals surface area contributed by atoms with Crippen molar-refractivity contribution in [3.05, 3.63) is 0 Å². The van der Waals surface area contributed by atoms with Gasteiger partial charge in [-0.3, -0.25) is 4.79 Å². The predicted octanol–water partition coefficient (Wildman–Crippen LogP) is 1.15. The van der Waals surface area contributed by atoms with E-state index in [4.69, 9.17) is 0 Å². The van der Waals surface area contributed by atoms with Gasteiger partial charge in [0.15, 0.2) is 5.12 Å². The lowest BCUT2D eigenvalue weighted by Gasteiger charge is -1.95. The van der Waals surface area contributed by atoms with E-state index in [2.05, 4.69) is 19.6 Å². The third kappa shape index (κ3) is 16.5. The molecule has 0 bridgehead atoms. The molecule has 0 spiro atoms. The molecule has 12 heavy (non-hydrogen) atoms. The fourth-order valence-electron chi connectivity index (χ4n) is 0.880. The molecule has 0 aromatic rings. The van der Waals surface area contributed by atoms with Crippen LogP contribution < -0.4 is 0 Å². The number of unbranched alkanes of at least 4 members (excludes halogenated alkanes) is 4. The monoisotopic (exact) mass is 196 g/mol. The Morgan fingerprint density at radius 2 is 1.58 bits per heavy atom. The first-order chi connectivity index (χ1) is 4.77. The summed E-state index contributed by atoms with van der Waals surface area (Å²) in [5, 5.41) is 0.0245. The molecule has 76 valence electrons. The van der Waals surface area contributed by atoms with Crippen LogP contribution in [0.15, 0.2) is 0 Å². The van der Waals surface area contributed by atoms with Gasteiger partial charge in [-0.1, -0.05) is 32.6 Å². The van der Waals surface area contributed by atoms with Crippen LogP contribution in [-0.4, -0.2) is 16.1 Å². The average Bonchev–Trinajstić information content (AvgIpc) is 1.87. The molecule has 0 aliphatic rings. The Bertz CT molecular complexity index is 96.3. The minimum atomic E-state index is 0. The molecule has 0 radical (unpaired) electrons. The van der Waals surface area contributed by atoms with E-state index in [1.54, 1.807) is 0 Å². The van der Waals surface area contributed by atoms with Gasteiger partial charge < -0.3 is 11.0 Å². The van der Waals surface area contributed by atoms with Crippen LogP contribution in [0.3, 0.4) is 0 Å². The number of rotatable bonds is 6. The third-order valence-electron chi connectivity index (χ3n) is 1.49. The topological polar surface area (TPSA) is 80.1 Å². The molecule has 0 aromatic heterocycles. The molecule has 0 saturated heterocycles. The van der Waals surface area contributed by atoms with E-state index in [0.29, 0.717) is 6.42 Å². The van der Waals surface area contributed by atoms with Gasteiger partial charge in [-0.05, 0) is 6.42 Å². The summed E-state index contributed by atoms with van der Waals surface area (Å²) in [7, 11) is 0. The van der Waals surface area contributed by atoms with E-state index in [9.17, 15) is 4.79 Å². The summed E-state index contributed by atoms with van der Waals surface area (Å²) >= 11 is 3.68. The highest BCUT2D eigenvalue weighted by atomic mass is 32.1. The van der Waals surface area contributed by atoms with Crippen LogP contribution in [0.5, 0.6) is 0 Å². The van der Waals surface area contributed by atoms with Crippen LogP contribution in [0.25, 0.3) is 0 Å². The lowest BCUT2D eigenvalue weighted by atomic mass is 10.1. The van der Waals surface area contributed by atoms with E-state index in [1.165, 1.54) is 25.7 Å².